The molecule has 6 heterocycles. The molecule has 5 aromatic rings. The predicted octanol–water partition coefficient (Wildman–Crippen LogP) is 5.43. The molecule has 13 nitrogen and oxygen atoms in total. The molecular weight excluding hydrogens is 697 g/mol. The Bertz CT molecular complexity index is 2200. The van der Waals surface area contributed by atoms with E-state index in [1.807, 2.05) is 77.2 Å². The van der Waals surface area contributed by atoms with Gasteiger partial charge in [-0.1, -0.05) is 35.9 Å². The maximum Gasteiger partial charge on any atom is 0.261 e. The third-order valence-electron chi connectivity index (χ3n) is 9.44. The second-order valence-corrected chi connectivity index (χ2v) is 15.1. The number of nitrogens with two attached hydrogens (primary N) is 1. The molecular formula is C39H44N6O7S. The van der Waals surface area contributed by atoms with Gasteiger partial charge in [0.05, 0.1) is 29.8 Å². The van der Waals surface area contributed by atoms with E-state index in [1.54, 1.807) is 18.6 Å². The van der Waals surface area contributed by atoms with Gasteiger partial charge in [-0.05, 0) is 61.8 Å². The summed E-state index contributed by atoms with van der Waals surface area (Å²) in [4.78, 5) is 36.6. The number of hydrogen-bond donors (Lipinski definition) is 2. The van der Waals surface area contributed by atoms with Crippen LogP contribution in [0.15, 0.2) is 84.4 Å². The summed E-state index contributed by atoms with van der Waals surface area (Å²) in [5.74, 6) is 0.550. The number of benzene rings is 1. The van der Waals surface area contributed by atoms with E-state index in [0.29, 0.717) is 46.4 Å². The topological polar surface area (TPSA) is 182 Å². The zero-order valence-electron chi connectivity index (χ0n) is 29.8. The molecule has 7 rings (SSSR count). The smallest absolute Gasteiger partial charge is 0.261 e. The Labute approximate surface area is 308 Å². The number of nitrogen functional groups attached to an aromatic ring is 1. The van der Waals surface area contributed by atoms with Gasteiger partial charge >= 0.3 is 0 Å². The maximum absolute atomic E-state index is 13.7. The standard InChI is InChI=1S/C38H40N6O4.CH4O3S/c1-25-2-5-28(6-3-25)33-23-43(21-26-8-12-47-13-9-26)24-34(37(33)46)36(45)16-27-4-7-35(40-18-27)32-17-29(19-41-38(32)39)30-20-42-44(22-30)31-10-14-48-15-11-31;1-5(2,3)4/h2-7,17-20,22-24,26,31H,8-16,21H2,1H3,(H2,39,41);1H3,(H,2,3,4). The minimum absolute atomic E-state index is 0.0519. The first-order valence-corrected chi connectivity index (χ1v) is 19.4. The Hall–Kier alpha value is -5.02. The molecule has 3 N–H and O–H groups in total. The van der Waals surface area contributed by atoms with Gasteiger partial charge in [0.25, 0.3) is 10.1 Å². The minimum Gasteiger partial charge on any atom is -0.383 e. The highest BCUT2D eigenvalue weighted by Crippen LogP contribution is 2.30. The summed E-state index contributed by atoms with van der Waals surface area (Å²) in [5, 5.41) is 4.60. The number of hydrogen-bond acceptors (Lipinski definition) is 10. The Balaban J connectivity index is 0.000000902. The van der Waals surface area contributed by atoms with Crippen molar-refractivity contribution in [2.24, 2.45) is 5.92 Å². The molecule has 0 unspecified atom stereocenters. The Morgan fingerprint density at radius 1 is 0.868 bits per heavy atom. The van der Waals surface area contributed by atoms with Crippen LogP contribution in [0.2, 0.25) is 0 Å². The predicted molar refractivity (Wildman–Crippen MR) is 202 cm³/mol. The Morgan fingerprint density at radius 3 is 2.21 bits per heavy atom. The van der Waals surface area contributed by atoms with Crippen molar-refractivity contribution >= 4 is 21.7 Å². The monoisotopic (exact) mass is 740 g/mol. The molecule has 0 radical (unpaired) electrons. The molecule has 0 saturated carbocycles. The molecule has 278 valence electrons. The van der Waals surface area contributed by atoms with Crippen LogP contribution >= 0.6 is 0 Å². The average Bonchev–Trinajstić information content (AvgIpc) is 3.64. The van der Waals surface area contributed by atoms with Gasteiger partial charge in [-0.2, -0.15) is 13.5 Å². The summed E-state index contributed by atoms with van der Waals surface area (Å²) in [6, 6.07) is 13.8. The molecule has 0 amide bonds. The third kappa shape index (κ3) is 10.1. The second kappa shape index (κ2) is 16.8. The number of ketones is 1. The van der Waals surface area contributed by atoms with Crippen LogP contribution in [-0.4, -0.2) is 75.8 Å². The number of carbonyl (C=O) groups excluding carboxylic acids is 1. The Kier molecular flexibility index (Phi) is 11.9. The fourth-order valence-electron chi connectivity index (χ4n) is 6.55. The highest BCUT2D eigenvalue weighted by molar-refractivity contribution is 7.85. The molecule has 0 bridgehead atoms. The zero-order chi connectivity index (χ0) is 37.5. The van der Waals surface area contributed by atoms with Crippen LogP contribution in [0.4, 0.5) is 5.82 Å². The average molecular weight is 741 g/mol. The fraction of sp³-hybridized carbons (Fsp3) is 0.359. The number of rotatable bonds is 9. The van der Waals surface area contributed by atoms with Crippen LogP contribution in [0, 0.1) is 12.8 Å². The number of aryl methyl sites for hydroxylation is 1. The van der Waals surface area contributed by atoms with Gasteiger partial charge in [0.1, 0.15) is 5.82 Å². The van der Waals surface area contributed by atoms with Crippen molar-refractivity contribution < 1.29 is 27.2 Å². The van der Waals surface area contributed by atoms with Crippen LogP contribution in [-0.2, 0) is 32.6 Å². The lowest BCUT2D eigenvalue weighted by Gasteiger charge is -2.23. The van der Waals surface area contributed by atoms with E-state index in [1.165, 1.54) is 0 Å². The molecule has 4 aromatic heterocycles. The van der Waals surface area contributed by atoms with Gasteiger partial charge in [-0.25, -0.2) is 4.98 Å². The lowest BCUT2D eigenvalue weighted by molar-refractivity contribution is 0.0612. The lowest BCUT2D eigenvalue weighted by Crippen LogP contribution is -2.25. The molecule has 1 aromatic carbocycles. The fourth-order valence-corrected chi connectivity index (χ4v) is 6.55. The molecule has 2 aliphatic rings. The highest BCUT2D eigenvalue weighted by Gasteiger charge is 2.21. The minimum atomic E-state index is -3.67. The van der Waals surface area contributed by atoms with Gasteiger partial charge in [0.2, 0.25) is 0 Å². The Morgan fingerprint density at radius 2 is 1.55 bits per heavy atom. The quantitative estimate of drug-likeness (QED) is 0.145. The largest absolute Gasteiger partial charge is 0.383 e. The summed E-state index contributed by atoms with van der Waals surface area (Å²) in [6.07, 6.45) is 15.5. The van der Waals surface area contributed by atoms with Crippen LogP contribution in [0.5, 0.6) is 0 Å². The maximum atomic E-state index is 13.7. The van der Waals surface area contributed by atoms with E-state index in [2.05, 4.69) is 15.1 Å². The van der Waals surface area contributed by atoms with Gasteiger partial charge in [0, 0.05) is 92.6 Å². The summed E-state index contributed by atoms with van der Waals surface area (Å²) in [7, 11) is -3.67. The van der Waals surface area contributed by atoms with E-state index < -0.39 is 10.1 Å². The number of Topliss-reactive ketones (excluding diaryl/α,β-unsaturated/α-hetero) is 1. The van der Waals surface area contributed by atoms with Crippen LogP contribution in [0.1, 0.15) is 53.2 Å². The molecule has 2 saturated heterocycles. The van der Waals surface area contributed by atoms with Crippen LogP contribution < -0.4 is 11.2 Å². The van der Waals surface area contributed by atoms with E-state index in [9.17, 15) is 18.0 Å². The van der Waals surface area contributed by atoms with Crippen molar-refractivity contribution in [2.75, 3.05) is 38.4 Å². The third-order valence-corrected chi connectivity index (χ3v) is 9.44. The van der Waals surface area contributed by atoms with E-state index in [0.717, 1.165) is 80.9 Å². The van der Waals surface area contributed by atoms with E-state index in [-0.39, 0.29) is 23.2 Å². The summed E-state index contributed by atoms with van der Waals surface area (Å²) >= 11 is 0. The first-order valence-electron chi connectivity index (χ1n) is 17.6. The molecule has 0 aliphatic carbocycles. The molecule has 14 heteroatoms. The van der Waals surface area contributed by atoms with E-state index in [4.69, 9.17) is 19.8 Å². The summed E-state index contributed by atoms with van der Waals surface area (Å²) in [5.41, 5.74) is 12.6. The SMILES string of the molecule is CS(=O)(=O)O.Cc1ccc(-c2cn(CC3CCOCC3)cc(C(=O)Cc3ccc(-c4cc(-c5cnn(C6CCOCC6)c5)cnc4N)nc3)c2=O)cc1. The van der Waals surface area contributed by atoms with Crippen molar-refractivity contribution in [3.63, 3.8) is 0 Å². The van der Waals surface area contributed by atoms with Gasteiger partial charge in [0.15, 0.2) is 11.2 Å². The number of carbonyl (C=O) groups is 1. The highest BCUT2D eigenvalue weighted by atomic mass is 32.2. The molecule has 0 spiro atoms. The van der Waals surface area contributed by atoms with Crippen molar-refractivity contribution in [3.8, 4) is 33.5 Å². The normalized spacial score (nSPS) is 15.5. The van der Waals surface area contributed by atoms with Crippen molar-refractivity contribution in [1.82, 2.24) is 24.3 Å². The number of aromatic nitrogens is 5. The summed E-state index contributed by atoms with van der Waals surface area (Å²) in [6.45, 7) is 5.70. The molecule has 0 atom stereocenters. The van der Waals surface area contributed by atoms with Crippen molar-refractivity contribution in [1.29, 1.82) is 0 Å². The van der Waals surface area contributed by atoms with Crippen molar-refractivity contribution in [3.05, 3.63) is 107 Å². The first kappa shape index (κ1) is 37.7. The number of nitrogens with zero attached hydrogens (tertiary/aromatic N) is 5. The van der Waals surface area contributed by atoms with Crippen LogP contribution in [0.3, 0.4) is 0 Å². The van der Waals surface area contributed by atoms with Crippen LogP contribution in [0.25, 0.3) is 33.5 Å². The molecule has 53 heavy (non-hydrogen) atoms. The molecule has 2 aliphatic heterocycles. The lowest BCUT2D eigenvalue weighted by atomic mass is 9.97. The molecule has 2 fully saturated rings. The van der Waals surface area contributed by atoms with Crippen molar-refractivity contribution in [2.45, 2.75) is 51.6 Å². The van der Waals surface area contributed by atoms with Gasteiger partial charge in [-0.3, -0.25) is 23.8 Å². The van der Waals surface area contributed by atoms with Gasteiger partial charge in [-0.15, -0.1) is 0 Å². The second-order valence-electron chi connectivity index (χ2n) is 13.6. The zero-order valence-corrected chi connectivity index (χ0v) is 30.7. The first-order chi connectivity index (χ1) is 25.4. The van der Waals surface area contributed by atoms with Gasteiger partial charge < -0.3 is 19.8 Å². The number of pyridine rings is 3. The van der Waals surface area contributed by atoms with E-state index >= 15 is 0 Å². The number of ether oxygens (including phenoxy) is 2. The number of anilines is 1. The summed E-state index contributed by atoms with van der Waals surface area (Å²) < 4.78 is 40.9.